The van der Waals surface area contributed by atoms with Gasteiger partial charge in [0.1, 0.15) is 6.61 Å². The van der Waals surface area contributed by atoms with E-state index in [1.165, 1.54) is 88.4 Å². The van der Waals surface area contributed by atoms with Crippen LogP contribution < -0.4 is 0 Å². The van der Waals surface area contributed by atoms with Crippen LogP contribution in [0, 0.1) is 0 Å². The lowest BCUT2D eigenvalue weighted by Gasteiger charge is -2.25. The summed E-state index contributed by atoms with van der Waals surface area (Å²) in [5.74, 6) is -1.55. The van der Waals surface area contributed by atoms with Crippen molar-refractivity contribution >= 4 is 17.7 Å². The van der Waals surface area contributed by atoms with Gasteiger partial charge in [0.15, 0.2) is 0 Å². The molecule has 0 spiro atoms. The Labute approximate surface area is 202 Å². The summed E-state index contributed by atoms with van der Waals surface area (Å²) in [5.41, 5.74) is 0. The first kappa shape index (κ1) is 29.6. The fourth-order valence-electron chi connectivity index (χ4n) is 4.38. The number of rotatable bonds is 20. The number of Topliss-reactive ketones (excluding diaryl/α,β-unsaturated/α-hetero) is 1. The molecule has 0 aromatic rings. The number of hydrogen-bond donors (Lipinski definition) is 0. The van der Waals surface area contributed by atoms with Crippen LogP contribution in [0.5, 0.6) is 0 Å². The summed E-state index contributed by atoms with van der Waals surface area (Å²) < 4.78 is 5.10. The Hall–Kier alpha value is -1.43. The van der Waals surface area contributed by atoms with E-state index in [0.29, 0.717) is 13.0 Å². The zero-order valence-corrected chi connectivity index (χ0v) is 21.6. The predicted molar refractivity (Wildman–Crippen MR) is 134 cm³/mol. The molecule has 1 heterocycles. The summed E-state index contributed by atoms with van der Waals surface area (Å²) in [6.45, 7) is 5.03. The maximum atomic E-state index is 12.2. The van der Waals surface area contributed by atoms with E-state index in [2.05, 4.69) is 11.8 Å². The first-order valence-electron chi connectivity index (χ1n) is 13.7. The van der Waals surface area contributed by atoms with E-state index in [4.69, 9.17) is 4.74 Å². The highest BCUT2D eigenvalue weighted by Crippen LogP contribution is 2.13. The first-order valence-corrected chi connectivity index (χ1v) is 13.7. The summed E-state index contributed by atoms with van der Waals surface area (Å²) in [5, 5.41) is 0. The van der Waals surface area contributed by atoms with Gasteiger partial charge in [0.25, 0.3) is 5.78 Å². The average Bonchev–Trinajstić information content (AvgIpc) is 2.82. The summed E-state index contributed by atoms with van der Waals surface area (Å²) in [4.78, 5) is 39.8. The van der Waals surface area contributed by atoms with Crippen molar-refractivity contribution in [3.8, 4) is 0 Å². The molecule has 0 aromatic carbocycles. The number of esters is 1. The third kappa shape index (κ3) is 15.9. The van der Waals surface area contributed by atoms with E-state index in [0.717, 1.165) is 32.4 Å². The van der Waals surface area contributed by atoms with Gasteiger partial charge in [-0.3, -0.25) is 14.5 Å². The van der Waals surface area contributed by atoms with Crippen molar-refractivity contribution in [3.63, 3.8) is 0 Å². The molecule has 0 bridgehead atoms. The van der Waals surface area contributed by atoms with Crippen LogP contribution in [0.4, 0.5) is 0 Å². The number of piperidine rings is 1. The minimum atomic E-state index is -0.826. The van der Waals surface area contributed by atoms with Crippen LogP contribution in [-0.2, 0) is 19.1 Å². The quantitative estimate of drug-likeness (QED) is 0.134. The van der Waals surface area contributed by atoms with Crippen molar-refractivity contribution < 1.29 is 19.1 Å². The molecule has 0 radical (unpaired) electrons. The number of amides is 1. The molecule has 6 nitrogen and oxygen atoms in total. The Balaban J connectivity index is 1.96. The molecule has 1 fully saturated rings. The van der Waals surface area contributed by atoms with Gasteiger partial charge in [-0.2, -0.15) is 0 Å². The second-order valence-corrected chi connectivity index (χ2v) is 9.70. The lowest BCUT2D eigenvalue weighted by Crippen LogP contribution is -2.37. The monoisotopic (exact) mass is 466 g/mol. The first-order chi connectivity index (χ1) is 16.0. The van der Waals surface area contributed by atoms with E-state index < -0.39 is 11.8 Å². The van der Waals surface area contributed by atoms with E-state index in [-0.39, 0.29) is 19.1 Å². The topological polar surface area (TPSA) is 66.9 Å². The minimum absolute atomic E-state index is 0.0764. The lowest BCUT2D eigenvalue weighted by molar-refractivity contribution is -0.155. The molecule has 1 aliphatic heterocycles. The number of hydrogen-bond acceptors (Lipinski definition) is 5. The molecule has 0 unspecified atom stereocenters. The number of carbonyl (C=O) groups is 3. The van der Waals surface area contributed by atoms with Crippen LogP contribution in [0.25, 0.3) is 0 Å². The van der Waals surface area contributed by atoms with E-state index >= 15 is 0 Å². The molecule has 1 aliphatic rings. The molecule has 0 N–H and O–H groups in total. The molecule has 0 saturated carbocycles. The summed E-state index contributed by atoms with van der Waals surface area (Å²) in [6, 6.07) is 0. The van der Waals surface area contributed by atoms with E-state index in [1.807, 2.05) is 0 Å². The van der Waals surface area contributed by atoms with Crippen LogP contribution in [0.3, 0.4) is 0 Å². The van der Waals surface area contributed by atoms with Gasteiger partial charge in [-0.05, 0) is 32.4 Å². The summed E-state index contributed by atoms with van der Waals surface area (Å²) >= 11 is 0. The normalized spacial score (nSPS) is 14.2. The molecule has 0 atom stereocenters. The molecular formula is C27H50N2O4. The Morgan fingerprint density at radius 3 is 1.82 bits per heavy atom. The Kier molecular flexibility index (Phi) is 17.9. The van der Waals surface area contributed by atoms with Crippen molar-refractivity contribution in [2.24, 2.45) is 0 Å². The van der Waals surface area contributed by atoms with Gasteiger partial charge in [0.05, 0.1) is 6.54 Å². The van der Waals surface area contributed by atoms with Gasteiger partial charge in [-0.1, -0.05) is 90.4 Å². The Morgan fingerprint density at radius 2 is 1.27 bits per heavy atom. The van der Waals surface area contributed by atoms with Gasteiger partial charge in [0, 0.05) is 20.0 Å². The number of likely N-dealkylation sites (tertiary alicyclic amines) is 1. The van der Waals surface area contributed by atoms with Crippen molar-refractivity contribution in [2.45, 2.75) is 116 Å². The molecule has 0 aliphatic carbocycles. The van der Waals surface area contributed by atoms with Gasteiger partial charge in [-0.25, -0.2) is 4.79 Å². The van der Waals surface area contributed by atoms with E-state index in [1.54, 1.807) is 7.05 Å². The number of likely N-dealkylation sites (N-methyl/N-ethyl adjacent to an activating group) is 1. The number of nitrogens with zero attached hydrogens (tertiary/aromatic N) is 2. The highest BCUT2D eigenvalue weighted by Gasteiger charge is 2.20. The van der Waals surface area contributed by atoms with E-state index in [9.17, 15) is 14.4 Å². The smallest absolute Gasteiger partial charge is 0.376 e. The van der Waals surface area contributed by atoms with Gasteiger partial charge in [0.2, 0.25) is 5.91 Å². The van der Waals surface area contributed by atoms with Crippen LogP contribution in [0.2, 0.25) is 0 Å². The molecule has 1 amide bonds. The molecule has 192 valence electrons. The largest absolute Gasteiger partial charge is 0.459 e. The predicted octanol–water partition coefficient (Wildman–Crippen LogP) is 5.52. The zero-order chi connectivity index (χ0) is 24.2. The zero-order valence-electron chi connectivity index (χ0n) is 21.6. The molecule has 1 saturated heterocycles. The van der Waals surface area contributed by atoms with Crippen LogP contribution in [0.1, 0.15) is 116 Å². The second-order valence-electron chi connectivity index (χ2n) is 9.70. The molecule has 6 heteroatoms. The number of carbonyl (C=O) groups excluding carboxylic acids is 3. The Morgan fingerprint density at radius 1 is 0.758 bits per heavy atom. The fraction of sp³-hybridized carbons (Fsp3) is 0.889. The maximum absolute atomic E-state index is 12.2. The average molecular weight is 467 g/mol. The van der Waals surface area contributed by atoms with Gasteiger partial charge in [-0.15, -0.1) is 0 Å². The Bertz CT molecular complexity index is 532. The highest BCUT2D eigenvalue weighted by atomic mass is 16.5. The fourth-order valence-corrected chi connectivity index (χ4v) is 4.38. The summed E-state index contributed by atoms with van der Waals surface area (Å²) in [7, 11) is 1.59. The minimum Gasteiger partial charge on any atom is -0.459 e. The number of ether oxygens (including phenoxy) is 1. The van der Waals surface area contributed by atoms with Gasteiger partial charge < -0.3 is 9.64 Å². The van der Waals surface area contributed by atoms with Crippen molar-refractivity contribution in [3.05, 3.63) is 0 Å². The third-order valence-corrected chi connectivity index (χ3v) is 6.62. The lowest BCUT2D eigenvalue weighted by atomic mass is 10.0. The molecule has 0 aromatic heterocycles. The SMILES string of the molecule is CCCCCCCCCCCCCCCC(=O)N(C)CC(=O)C(=O)OCCN1CCCCC1. The third-order valence-electron chi connectivity index (χ3n) is 6.62. The van der Waals surface area contributed by atoms with Crippen LogP contribution >= 0.6 is 0 Å². The maximum Gasteiger partial charge on any atom is 0.376 e. The van der Waals surface area contributed by atoms with Crippen LogP contribution in [-0.4, -0.2) is 67.3 Å². The molecule has 1 rings (SSSR count). The highest BCUT2D eigenvalue weighted by molar-refractivity contribution is 6.34. The number of unbranched alkanes of at least 4 members (excludes halogenated alkanes) is 12. The van der Waals surface area contributed by atoms with Crippen molar-refractivity contribution in [2.75, 3.05) is 39.8 Å². The van der Waals surface area contributed by atoms with Crippen molar-refractivity contribution in [1.29, 1.82) is 0 Å². The number of ketones is 1. The molecule has 33 heavy (non-hydrogen) atoms. The molecular weight excluding hydrogens is 416 g/mol. The summed E-state index contributed by atoms with van der Waals surface area (Å²) in [6.07, 6.45) is 20.5. The second kappa shape index (κ2) is 20.0. The van der Waals surface area contributed by atoms with Crippen molar-refractivity contribution in [1.82, 2.24) is 9.80 Å². The van der Waals surface area contributed by atoms with Crippen LogP contribution in [0.15, 0.2) is 0 Å². The standard InChI is InChI=1S/C27H50N2O4/c1-3-4-5-6-7-8-9-10-11-12-13-14-16-19-26(31)28(2)24-25(30)27(32)33-23-22-29-20-17-15-18-21-29/h3-24H2,1-2H3. The van der Waals surface area contributed by atoms with Gasteiger partial charge >= 0.3 is 5.97 Å².